The molecule has 0 spiro atoms. The van der Waals surface area contributed by atoms with Crippen LogP contribution in [0.25, 0.3) is 0 Å². The molecule has 1 fully saturated rings. The molecule has 0 saturated heterocycles. The number of hydrogen-bond acceptors (Lipinski definition) is 4. The van der Waals surface area contributed by atoms with Crippen molar-refractivity contribution in [1.82, 2.24) is 10.2 Å². The van der Waals surface area contributed by atoms with E-state index in [9.17, 15) is 18.0 Å². The highest BCUT2D eigenvalue weighted by Crippen LogP contribution is 2.23. The number of rotatable bonds is 14. The smallest absolute Gasteiger partial charge is 0.243 e. The molecule has 9 heteroatoms. The summed E-state index contributed by atoms with van der Waals surface area (Å²) in [6, 6.07) is 23.9. The number of aryl methyl sites for hydroxylation is 1. The lowest BCUT2D eigenvalue weighted by molar-refractivity contribution is -0.141. The Kier molecular flexibility index (Phi) is 12.3. The van der Waals surface area contributed by atoms with Gasteiger partial charge in [-0.2, -0.15) is 0 Å². The summed E-state index contributed by atoms with van der Waals surface area (Å²) in [4.78, 5) is 29.7. The van der Waals surface area contributed by atoms with Gasteiger partial charge in [0.2, 0.25) is 21.8 Å². The maximum Gasteiger partial charge on any atom is 0.243 e. The number of benzene rings is 3. The monoisotopic (exact) mass is 637 g/mol. The third-order valence-corrected chi connectivity index (χ3v) is 9.72. The average Bonchev–Trinajstić information content (AvgIpc) is 3.02. The molecular formula is C35H44ClN3O4S. The largest absolute Gasteiger partial charge is 0.352 e. The van der Waals surface area contributed by atoms with Gasteiger partial charge >= 0.3 is 0 Å². The van der Waals surface area contributed by atoms with Crippen LogP contribution in [0, 0.1) is 0 Å². The minimum atomic E-state index is -3.56. The molecule has 1 saturated carbocycles. The Morgan fingerprint density at radius 2 is 1.52 bits per heavy atom. The van der Waals surface area contributed by atoms with Crippen LogP contribution in [0.5, 0.6) is 0 Å². The Balaban J connectivity index is 1.57. The first-order valence-electron chi connectivity index (χ1n) is 15.6. The molecule has 2 amide bonds. The molecule has 3 aromatic rings. The van der Waals surface area contributed by atoms with E-state index in [1.54, 1.807) is 29.2 Å². The van der Waals surface area contributed by atoms with Crippen LogP contribution in [0.1, 0.15) is 68.6 Å². The van der Waals surface area contributed by atoms with E-state index in [2.05, 4.69) is 5.32 Å². The number of hydrogen-bond donors (Lipinski definition) is 1. The Hall–Kier alpha value is -3.36. The van der Waals surface area contributed by atoms with Gasteiger partial charge < -0.3 is 10.2 Å². The summed E-state index contributed by atoms with van der Waals surface area (Å²) in [5, 5.41) is 3.85. The summed E-state index contributed by atoms with van der Waals surface area (Å²) in [5.41, 5.74) is 3.51. The molecule has 1 aliphatic rings. The second-order valence-electron chi connectivity index (χ2n) is 11.7. The van der Waals surface area contributed by atoms with Gasteiger partial charge in [0.05, 0.1) is 11.9 Å². The molecule has 7 nitrogen and oxygen atoms in total. The molecule has 1 atom stereocenters. The predicted molar refractivity (Wildman–Crippen MR) is 178 cm³/mol. The van der Waals surface area contributed by atoms with E-state index in [4.69, 9.17) is 11.6 Å². The van der Waals surface area contributed by atoms with E-state index in [0.29, 0.717) is 23.6 Å². The second kappa shape index (κ2) is 16.1. The lowest BCUT2D eigenvalue weighted by Gasteiger charge is -2.34. The first-order valence-corrected chi connectivity index (χ1v) is 17.8. The van der Waals surface area contributed by atoms with Crippen molar-refractivity contribution in [3.05, 3.63) is 101 Å². The van der Waals surface area contributed by atoms with Gasteiger partial charge in [0.15, 0.2) is 0 Å². The Labute approximate surface area is 267 Å². The average molecular weight is 638 g/mol. The van der Waals surface area contributed by atoms with Crippen molar-refractivity contribution < 1.29 is 18.0 Å². The highest BCUT2D eigenvalue weighted by Gasteiger charge is 2.32. The van der Waals surface area contributed by atoms with Gasteiger partial charge in [-0.25, -0.2) is 8.42 Å². The zero-order valence-electron chi connectivity index (χ0n) is 25.8. The van der Waals surface area contributed by atoms with E-state index in [-0.39, 0.29) is 37.4 Å². The van der Waals surface area contributed by atoms with Gasteiger partial charge in [-0.3, -0.25) is 13.9 Å². The van der Waals surface area contributed by atoms with Crippen LogP contribution in [0.2, 0.25) is 5.02 Å². The summed E-state index contributed by atoms with van der Waals surface area (Å²) in [5.74, 6) is -0.355. The summed E-state index contributed by atoms with van der Waals surface area (Å²) < 4.78 is 26.8. The van der Waals surface area contributed by atoms with Crippen LogP contribution >= 0.6 is 11.6 Å². The molecule has 0 aliphatic heterocycles. The SMILES string of the molecule is CCc1ccc(N(CCCC(=O)N(Cc2ccc(Cl)cc2)C(Cc2ccccc2)C(=O)NC2CCCCC2)S(C)(=O)=O)cc1. The van der Waals surface area contributed by atoms with Crippen molar-refractivity contribution >= 4 is 39.1 Å². The maximum atomic E-state index is 14.0. The zero-order valence-corrected chi connectivity index (χ0v) is 27.3. The minimum absolute atomic E-state index is 0.0919. The quantitative estimate of drug-likeness (QED) is 0.218. The lowest BCUT2D eigenvalue weighted by atomic mass is 9.94. The van der Waals surface area contributed by atoms with Gasteiger partial charge in [-0.05, 0) is 66.6 Å². The molecule has 1 unspecified atom stereocenters. The highest BCUT2D eigenvalue weighted by molar-refractivity contribution is 7.92. The molecule has 0 radical (unpaired) electrons. The van der Waals surface area contributed by atoms with Crippen molar-refractivity contribution in [2.24, 2.45) is 0 Å². The number of amides is 2. The number of carbonyl (C=O) groups excluding carboxylic acids is 2. The second-order valence-corrected chi connectivity index (χ2v) is 14.0. The fraction of sp³-hybridized carbons (Fsp3) is 0.429. The van der Waals surface area contributed by atoms with E-state index >= 15 is 0 Å². The normalized spacial score (nSPS) is 14.5. The first-order chi connectivity index (χ1) is 21.1. The molecule has 1 aliphatic carbocycles. The molecular weight excluding hydrogens is 594 g/mol. The van der Waals surface area contributed by atoms with Crippen LogP contribution in [0.3, 0.4) is 0 Å². The topological polar surface area (TPSA) is 86.8 Å². The van der Waals surface area contributed by atoms with Gasteiger partial charge in [-0.1, -0.05) is 92.4 Å². The fourth-order valence-electron chi connectivity index (χ4n) is 5.79. The molecule has 236 valence electrons. The van der Waals surface area contributed by atoms with Crippen molar-refractivity contribution in [3.8, 4) is 0 Å². The van der Waals surface area contributed by atoms with Crippen molar-refractivity contribution in [2.75, 3.05) is 17.1 Å². The molecule has 0 aromatic heterocycles. The van der Waals surface area contributed by atoms with Gasteiger partial charge in [-0.15, -0.1) is 0 Å². The van der Waals surface area contributed by atoms with Crippen molar-refractivity contribution in [3.63, 3.8) is 0 Å². The maximum absolute atomic E-state index is 14.0. The summed E-state index contributed by atoms with van der Waals surface area (Å²) in [6.07, 6.45) is 8.03. The molecule has 0 heterocycles. The van der Waals surface area contributed by atoms with E-state index < -0.39 is 16.1 Å². The fourth-order valence-corrected chi connectivity index (χ4v) is 6.88. The van der Waals surface area contributed by atoms with E-state index in [0.717, 1.165) is 48.8 Å². The molecule has 4 rings (SSSR count). The minimum Gasteiger partial charge on any atom is -0.352 e. The molecule has 1 N–H and O–H groups in total. The number of carbonyl (C=O) groups is 2. The number of anilines is 1. The third-order valence-electron chi connectivity index (χ3n) is 8.27. The number of nitrogens with zero attached hydrogens (tertiary/aromatic N) is 2. The molecule has 0 bridgehead atoms. The van der Waals surface area contributed by atoms with Gasteiger partial charge in [0.1, 0.15) is 6.04 Å². The molecule has 3 aromatic carbocycles. The Morgan fingerprint density at radius 1 is 0.886 bits per heavy atom. The van der Waals surface area contributed by atoms with Crippen molar-refractivity contribution in [1.29, 1.82) is 0 Å². The summed E-state index contributed by atoms with van der Waals surface area (Å²) in [7, 11) is -3.56. The number of sulfonamides is 1. The Bertz CT molecular complexity index is 1460. The van der Waals surface area contributed by atoms with Crippen LogP contribution in [-0.4, -0.2) is 50.0 Å². The van der Waals surface area contributed by atoms with Crippen LogP contribution in [0.4, 0.5) is 5.69 Å². The van der Waals surface area contributed by atoms with Crippen LogP contribution in [-0.2, 0) is 39.0 Å². The van der Waals surface area contributed by atoms with Crippen LogP contribution in [0.15, 0.2) is 78.9 Å². The van der Waals surface area contributed by atoms with Gasteiger partial charge in [0.25, 0.3) is 0 Å². The Morgan fingerprint density at radius 3 is 2.14 bits per heavy atom. The van der Waals surface area contributed by atoms with Crippen molar-refractivity contribution in [2.45, 2.75) is 83.3 Å². The van der Waals surface area contributed by atoms with Crippen LogP contribution < -0.4 is 9.62 Å². The lowest BCUT2D eigenvalue weighted by Crippen LogP contribution is -2.52. The standard InChI is InChI=1S/C35H44ClN3O4S/c1-3-27-18-22-32(23-19-27)39(44(2,42)43)24-10-15-34(40)38(26-29-16-20-30(36)21-17-29)33(25-28-11-6-4-7-12-28)35(41)37-31-13-8-5-9-14-31/h4,6-7,11-12,16-23,31,33H,3,5,8-10,13-15,24-26H2,1-2H3,(H,37,41). The third kappa shape index (κ3) is 9.83. The van der Waals surface area contributed by atoms with Gasteiger partial charge in [0, 0.05) is 37.0 Å². The predicted octanol–water partition coefficient (Wildman–Crippen LogP) is 6.54. The summed E-state index contributed by atoms with van der Waals surface area (Å²) in [6.45, 7) is 2.44. The van der Waals surface area contributed by atoms with E-state index in [1.807, 2.05) is 61.5 Å². The number of nitrogens with one attached hydrogen (secondary N) is 1. The highest BCUT2D eigenvalue weighted by atomic mass is 35.5. The zero-order chi connectivity index (χ0) is 31.5. The number of halogens is 1. The van der Waals surface area contributed by atoms with E-state index in [1.165, 1.54) is 17.0 Å². The first kappa shape index (κ1) is 33.5. The summed E-state index contributed by atoms with van der Waals surface area (Å²) >= 11 is 6.14. The molecule has 44 heavy (non-hydrogen) atoms.